The fourth-order valence-electron chi connectivity index (χ4n) is 1.37. The Morgan fingerprint density at radius 1 is 1.47 bits per heavy atom. The van der Waals surface area contributed by atoms with Crippen LogP contribution in [0.2, 0.25) is 0 Å². The van der Waals surface area contributed by atoms with Crippen LogP contribution in [0.25, 0.3) is 10.9 Å². The highest BCUT2D eigenvalue weighted by Crippen LogP contribution is 2.27. The van der Waals surface area contributed by atoms with E-state index in [1.807, 2.05) is 0 Å². The van der Waals surface area contributed by atoms with Crippen molar-refractivity contribution >= 4 is 52.0 Å². The molecule has 2 aromatic rings. The van der Waals surface area contributed by atoms with Crippen LogP contribution >= 0.6 is 28.4 Å². The van der Waals surface area contributed by atoms with E-state index in [2.05, 4.69) is 27.1 Å². The van der Waals surface area contributed by atoms with Crippen molar-refractivity contribution in [2.45, 2.75) is 0 Å². The number of fused-ring (bicyclic) bond motifs is 1. The monoisotopic (exact) mass is 338 g/mol. The summed E-state index contributed by atoms with van der Waals surface area (Å²) < 4.78 is 14.6. The molecule has 1 atom stereocenters. The van der Waals surface area contributed by atoms with Gasteiger partial charge in [-0.05, 0) is 40.2 Å². The molecule has 0 fully saturated rings. The molecule has 0 saturated heterocycles. The molecule has 0 aliphatic rings. The first kappa shape index (κ1) is 11.3. The summed E-state index contributed by atoms with van der Waals surface area (Å²) in [5.41, 5.74) is 0.792. The molecule has 4 nitrogen and oxygen atoms in total. The van der Waals surface area contributed by atoms with Crippen LogP contribution < -0.4 is 5.59 Å². The Morgan fingerprint density at radius 3 is 2.80 bits per heavy atom. The number of benzene rings is 1. The van der Waals surface area contributed by atoms with Crippen LogP contribution in [0, 0.1) is 5.82 Å². The molecule has 1 unspecified atom stereocenters. The van der Waals surface area contributed by atoms with Crippen molar-refractivity contribution in [3.05, 3.63) is 24.0 Å². The highest BCUT2D eigenvalue weighted by molar-refractivity contribution is 14.2. The van der Waals surface area contributed by atoms with Gasteiger partial charge in [-0.15, -0.1) is 0 Å². The Hall–Kier alpha value is -0.235. The quantitative estimate of drug-likeness (QED) is 0.480. The van der Waals surface area contributed by atoms with Gasteiger partial charge in [0, 0.05) is 5.39 Å². The van der Waals surface area contributed by atoms with Gasteiger partial charge in [-0.1, -0.05) is 0 Å². The third-order valence-corrected chi connectivity index (χ3v) is 3.87. The van der Waals surface area contributed by atoms with E-state index in [0.29, 0.717) is 17.3 Å². The molecule has 2 N–H and O–H groups in total. The van der Waals surface area contributed by atoms with E-state index in [0.717, 1.165) is 0 Å². The molecule has 1 heterocycles. The lowest BCUT2D eigenvalue weighted by molar-refractivity contribution is 0.424. The van der Waals surface area contributed by atoms with Gasteiger partial charge in [0.05, 0.1) is 11.9 Å². The maximum Gasteiger partial charge on any atom is 0.510 e. The lowest BCUT2D eigenvalue weighted by Gasteiger charge is -1.95. The number of aromatic nitrogens is 2. The number of hydrogen-bond donors (Lipinski definition) is 2. The molecule has 0 radical (unpaired) electrons. The Kier molecular flexibility index (Phi) is 3.25. The molecular weight excluding hydrogens is 332 g/mol. The van der Waals surface area contributed by atoms with Crippen molar-refractivity contribution in [3.8, 4) is 0 Å². The predicted octanol–water partition coefficient (Wildman–Crippen LogP) is 0.647. The summed E-state index contributed by atoms with van der Waals surface area (Å²) in [5.74, 6) is -0.416. The molecule has 0 aliphatic carbocycles. The third-order valence-electron chi connectivity index (χ3n) is 2.00. The Morgan fingerprint density at radius 2 is 2.20 bits per heavy atom. The van der Waals surface area contributed by atoms with Gasteiger partial charge in [-0.2, -0.15) is 5.10 Å². The van der Waals surface area contributed by atoms with Crippen molar-refractivity contribution in [3.63, 3.8) is 0 Å². The van der Waals surface area contributed by atoms with E-state index in [4.69, 9.17) is 10.0 Å². The van der Waals surface area contributed by atoms with Crippen LogP contribution in [0.4, 0.5) is 4.39 Å². The minimum Gasteiger partial charge on any atom is -0.422 e. The molecule has 0 amide bonds. The van der Waals surface area contributed by atoms with Crippen LogP contribution in [0.15, 0.2) is 18.2 Å². The third kappa shape index (κ3) is 2.01. The van der Waals surface area contributed by atoms with Crippen molar-refractivity contribution in [2.24, 2.45) is 0 Å². The molecule has 78 valence electrons. The molecule has 0 bridgehead atoms. The first-order valence-corrected chi connectivity index (χ1v) is 8.10. The molecule has 0 aliphatic heterocycles. The smallest absolute Gasteiger partial charge is 0.422 e. The van der Waals surface area contributed by atoms with Crippen molar-refractivity contribution in [2.75, 3.05) is 0 Å². The van der Waals surface area contributed by atoms with E-state index in [-0.39, 0.29) is 5.59 Å². The normalized spacial score (nSPS) is 11.7. The molecule has 0 saturated carbocycles. The summed E-state index contributed by atoms with van der Waals surface area (Å²) >= 11 is 2.12. The van der Waals surface area contributed by atoms with Gasteiger partial charge in [0.2, 0.25) is 0 Å². The second-order valence-corrected chi connectivity index (χ2v) is 4.96. The summed E-state index contributed by atoms with van der Waals surface area (Å²) in [6.07, 6.45) is 0.325. The predicted molar refractivity (Wildman–Crippen MR) is 67.2 cm³/mol. The number of rotatable bonds is 2. The van der Waals surface area contributed by atoms with Gasteiger partial charge in [0.15, 0.2) is 0 Å². The summed E-state index contributed by atoms with van der Waals surface area (Å²) in [4.78, 5) is 0. The maximum absolute atomic E-state index is 13.0. The minimum atomic E-state index is -1.68. The average molecular weight is 338 g/mol. The van der Waals surface area contributed by atoms with E-state index in [1.165, 1.54) is 12.1 Å². The first-order chi connectivity index (χ1) is 7.13. The van der Waals surface area contributed by atoms with E-state index in [1.54, 1.807) is 10.5 Å². The van der Waals surface area contributed by atoms with Gasteiger partial charge in [0.1, 0.15) is 11.4 Å². The summed E-state index contributed by atoms with van der Waals surface area (Å²) in [6.45, 7) is 0. The fraction of sp³-hybridized carbons (Fsp3) is 0. The van der Waals surface area contributed by atoms with Crippen molar-refractivity contribution < 1.29 is 14.4 Å². The highest BCUT2D eigenvalue weighted by Gasteiger charge is 2.21. The summed E-state index contributed by atoms with van der Waals surface area (Å²) in [6, 6.07) is 4.16. The number of halogens is 2. The van der Waals surface area contributed by atoms with Crippen molar-refractivity contribution in [1.29, 1.82) is 0 Å². The number of nitrogens with zero attached hydrogens (tertiary/aromatic N) is 2. The molecular formula is C7H6BFIN2O2P. The lowest BCUT2D eigenvalue weighted by atomic mass is 9.84. The van der Waals surface area contributed by atoms with Gasteiger partial charge >= 0.3 is 7.12 Å². The van der Waals surface area contributed by atoms with Gasteiger partial charge in [-0.25, -0.2) is 8.84 Å². The number of hydrogen-bond acceptors (Lipinski definition) is 3. The zero-order chi connectivity index (χ0) is 11.0. The molecule has 8 heteroatoms. The second kappa shape index (κ2) is 4.33. The van der Waals surface area contributed by atoms with Crippen LogP contribution in [-0.4, -0.2) is 26.7 Å². The molecule has 2 rings (SSSR count). The van der Waals surface area contributed by atoms with Crippen LogP contribution in [-0.2, 0) is 0 Å². The molecule has 0 spiro atoms. The molecule has 15 heavy (non-hydrogen) atoms. The lowest BCUT2D eigenvalue weighted by Crippen LogP contribution is -2.31. The second-order valence-electron chi connectivity index (χ2n) is 2.92. The van der Waals surface area contributed by atoms with Crippen LogP contribution in [0.3, 0.4) is 0 Å². The van der Waals surface area contributed by atoms with E-state index >= 15 is 0 Å². The zero-order valence-electron chi connectivity index (χ0n) is 7.35. The van der Waals surface area contributed by atoms with Crippen LogP contribution in [0.1, 0.15) is 0 Å². The van der Waals surface area contributed by atoms with Gasteiger partial charge < -0.3 is 10.0 Å². The fourth-order valence-corrected chi connectivity index (χ4v) is 2.90. The zero-order valence-corrected chi connectivity index (χ0v) is 10.5. The Balaban J connectivity index is 2.76. The Labute approximate surface area is 99.9 Å². The van der Waals surface area contributed by atoms with Crippen LogP contribution in [0.5, 0.6) is 0 Å². The highest BCUT2D eigenvalue weighted by atomic mass is 127. The minimum absolute atomic E-state index is 0.0914. The molecule has 1 aromatic heterocycles. The first-order valence-electron chi connectivity index (χ1n) is 4.04. The topological polar surface area (TPSA) is 58.3 Å². The maximum atomic E-state index is 13.0. The SMILES string of the molecule is OB(O)c1nn(PI)c2ccc(F)cc12. The van der Waals surface area contributed by atoms with Gasteiger partial charge in [-0.3, -0.25) is 0 Å². The standard InChI is InChI=1S/C7H6BFIN2O2P/c9-4-1-2-6-5(3-4)7(8(13)14)11-12(6)15-10/h1-3,13-15H. The van der Waals surface area contributed by atoms with Gasteiger partial charge in [0.25, 0.3) is 0 Å². The van der Waals surface area contributed by atoms with E-state index < -0.39 is 12.9 Å². The van der Waals surface area contributed by atoms with E-state index in [9.17, 15) is 4.39 Å². The average Bonchev–Trinajstić information content (AvgIpc) is 2.55. The summed E-state index contributed by atoms with van der Waals surface area (Å²) in [5, 5.41) is 22.6. The Bertz CT molecular complexity index is 507. The summed E-state index contributed by atoms with van der Waals surface area (Å²) in [7, 11) is -1.68. The van der Waals surface area contributed by atoms with Crippen molar-refractivity contribution in [1.82, 2.24) is 9.55 Å². The largest absolute Gasteiger partial charge is 0.510 e. The molecule has 1 aromatic carbocycles.